The van der Waals surface area contributed by atoms with E-state index in [0.29, 0.717) is 17.3 Å². The molecule has 3 aromatic rings. The van der Waals surface area contributed by atoms with Crippen LogP contribution in [0, 0.1) is 0 Å². The summed E-state index contributed by atoms with van der Waals surface area (Å²) >= 11 is 6.31. The number of carbonyl (C=O) groups excluding carboxylic acids is 1. The Morgan fingerprint density at radius 1 is 1.21 bits per heavy atom. The van der Waals surface area contributed by atoms with Crippen molar-refractivity contribution in [3.8, 4) is 17.0 Å². The number of methoxy groups -OCH3 is 1. The van der Waals surface area contributed by atoms with Crippen LogP contribution < -0.4 is 10.2 Å². The van der Waals surface area contributed by atoms with Gasteiger partial charge in [0.05, 0.1) is 7.11 Å². The first-order valence-corrected chi connectivity index (χ1v) is 8.56. The second-order valence-electron chi connectivity index (χ2n) is 5.80. The van der Waals surface area contributed by atoms with Crippen molar-refractivity contribution in [3.63, 3.8) is 0 Å². The van der Waals surface area contributed by atoms with E-state index in [4.69, 9.17) is 21.5 Å². The number of benzene rings is 2. The van der Waals surface area contributed by atoms with Crippen molar-refractivity contribution in [1.29, 1.82) is 0 Å². The fourth-order valence-corrected chi connectivity index (χ4v) is 2.83. The van der Waals surface area contributed by atoms with E-state index in [0.717, 1.165) is 28.3 Å². The van der Waals surface area contributed by atoms with Crippen LogP contribution in [-0.4, -0.2) is 28.2 Å². The van der Waals surface area contributed by atoms with E-state index in [1.807, 2.05) is 48.5 Å². The number of hydrogen-bond acceptors (Lipinski definition) is 4. The van der Waals surface area contributed by atoms with E-state index in [1.165, 1.54) is 6.08 Å². The predicted molar refractivity (Wildman–Crippen MR) is 111 cm³/mol. The molecule has 0 spiro atoms. The molecule has 8 heteroatoms. The molecular formula is C20H19Cl2N3O3. The maximum absolute atomic E-state index is 11.0. The molecule has 1 heterocycles. The van der Waals surface area contributed by atoms with Crippen LogP contribution in [0.25, 0.3) is 17.3 Å². The average Bonchev–Trinajstić information content (AvgIpc) is 3.07. The lowest BCUT2D eigenvalue weighted by molar-refractivity contribution is -0.124. The molecule has 0 saturated heterocycles. The molecule has 6 nitrogen and oxygen atoms in total. The van der Waals surface area contributed by atoms with Gasteiger partial charge in [0.25, 0.3) is 5.91 Å². The number of nitrogens with one attached hydrogen (secondary N) is 2. The maximum Gasteiger partial charge on any atom is 0.267 e. The average molecular weight is 420 g/mol. The van der Waals surface area contributed by atoms with Crippen LogP contribution >= 0.6 is 24.0 Å². The Kier molecular flexibility index (Phi) is 7.63. The molecule has 0 fully saturated rings. The summed E-state index contributed by atoms with van der Waals surface area (Å²) in [5.74, 6) is 0.959. The monoisotopic (exact) mass is 419 g/mol. The number of aromatic nitrogens is 2. The largest absolute Gasteiger partial charge is 0.497 e. The van der Waals surface area contributed by atoms with E-state index in [1.54, 1.807) is 18.7 Å². The molecule has 3 N–H and O–H groups in total. The molecule has 0 aliphatic carbocycles. The van der Waals surface area contributed by atoms with Gasteiger partial charge in [0.15, 0.2) is 0 Å². The van der Waals surface area contributed by atoms with E-state index < -0.39 is 5.91 Å². The molecule has 28 heavy (non-hydrogen) atoms. The summed E-state index contributed by atoms with van der Waals surface area (Å²) in [5, 5.41) is 8.97. The zero-order valence-corrected chi connectivity index (χ0v) is 16.6. The molecule has 146 valence electrons. The molecule has 0 unspecified atom stereocenters. The third-order valence-electron chi connectivity index (χ3n) is 3.96. The molecule has 3 rings (SSSR count). The summed E-state index contributed by atoms with van der Waals surface area (Å²) in [4.78, 5) is 18.7. The second-order valence-corrected chi connectivity index (χ2v) is 6.18. The minimum Gasteiger partial charge on any atom is -0.497 e. The Bertz CT molecular complexity index is 952. The quantitative estimate of drug-likeness (QED) is 0.316. The molecule has 0 saturated carbocycles. The first-order valence-electron chi connectivity index (χ1n) is 8.19. The Hall–Kier alpha value is -2.80. The van der Waals surface area contributed by atoms with Gasteiger partial charge in [-0.05, 0) is 41.5 Å². The smallest absolute Gasteiger partial charge is 0.267 e. The third-order valence-corrected chi connectivity index (χ3v) is 4.23. The fourth-order valence-electron chi connectivity index (χ4n) is 2.57. The van der Waals surface area contributed by atoms with Gasteiger partial charge in [-0.15, -0.1) is 12.4 Å². The van der Waals surface area contributed by atoms with Crippen LogP contribution in [-0.2, 0) is 11.2 Å². The third kappa shape index (κ3) is 5.36. The summed E-state index contributed by atoms with van der Waals surface area (Å²) in [7, 11) is 1.62. The SMILES string of the molecule is COc1ccc(-c2nc(Cc3ccc(/C=C/C(=O)NO)cc3)[nH]c2Cl)cc1.Cl. The number of halogens is 2. The normalized spacial score (nSPS) is 10.5. The van der Waals surface area contributed by atoms with Gasteiger partial charge < -0.3 is 9.72 Å². The summed E-state index contributed by atoms with van der Waals surface area (Å²) in [6.07, 6.45) is 3.46. The highest BCUT2D eigenvalue weighted by Crippen LogP contribution is 2.27. The minimum atomic E-state index is -0.574. The number of imidazole rings is 1. The number of nitrogens with zero attached hydrogens (tertiary/aromatic N) is 1. The number of ether oxygens (including phenoxy) is 1. The van der Waals surface area contributed by atoms with Gasteiger partial charge in [0.1, 0.15) is 22.4 Å². The first kappa shape index (κ1) is 21.5. The standard InChI is InChI=1S/C20H18ClN3O3.ClH/c1-27-16-9-7-15(8-10-16)19-20(21)23-17(22-19)12-14-4-2-13(3-5-14)6-11-18(25)24-26;/h2-11,26H,12H2,1H3,(H,22,23)(H,24,25);1H/b11-6+;. The molecule has 0 aliphatic rings. The van der Waals surface area contributed by atoms with E-state index in [-0.39, 0.29) is 12.4 Å². The molecule has 0 aliphatic heterocycles. The number of carbonyl (C=O) groups is 1. The number of hydrogen-bond donors (Lipinski definition) is 3. The van der Waals surface area contributed by atoms with Crippen molar-refractivity contribution in [2.45, 2.75) is 6.42 Å². The Balaban J connectivity index is 0.00000280. The van der Waals surface area contributed by atoms with Gasteiger partial charge in [0, 0.05) is 18.1 Å². The Morgan fingerprint density at radius 3 is 2.50 bits per heavy atom. The highest BCUT2D eigenvalue weighted by Gasteiger charge is 2.11. The van der Waals surface area contributed by atoms with Gasteiger partial charge in [-0.25, -0.2) is 10.5 Å². The van der Waals surface area contributed by atoms with E-state index in [2.05, 4.69) is 9.97 Å². The summed E-state index contributed by atoms with van der Waals surface area (Å²) < 4.78 is 5.17. The number of H-pyrrole nitrogens is 1. The van der Waals surface area contributed by atoms with Crippen molar-refractivity contribution in [2.24, 2.45) is 0 Å². The van der Waals surface area contributed by atoms with Crippen LogP contribution in [0.2, 0.25) is 5.15 Å². The van der Waals surface area contributed by atoms with Crippen LogP contribution in [0.15, 0.2) is 54.6 Å². The number of amides is 1. The van der Waals surface area contributed by atoms with Crippen LogP contribution in [0.3, 0.4) is 0 Å². The van der Waals surface area contributed by atoms with Crippen molar-refractivity contribution in [2.75, 3.05) is 7.11 Å². The highest BCUT2D eigenvalue weighted by molar-refractivity contribution is 6.31. The summed E-state index contributed by atoms with van der Waals surface area (Å²) in [6.45, 7) is 0. The lowest BCUT2D eigenvalue weighted by atomic mass is 10.1. The van der Waals surface area contributed by atoms with Crippen LogP contribution in [0.1, 0.15) is 17.0 Å². The zero-order valence-electron chi connectivity index (χ0n) is 15.0. The molecular weight excluding hydrogens is 401 g/mol. The van der Waals surface area contributed by atoms with Crippen molar-refractivity contribution < 1.29 is 14.7 Å². The fraction of sp³-hybridized carbons (Fsp3) is 0.100. The van der Waals surface area contributed by atoms with Crippen molar-refractivity contribution >= 4 is 36.0 Å². The summed E-state index contributed by atoms with van der Waals surface area (Å²) in [5.41, 5.74) is 5.05. The number of hydroxylamine groups is 1. The summed E-state index contributed by atoms with van der Waals surface area (Å²) in [6, 6.07) is 15.2. The number of rotatable bonds is 6. The van der Waals surface area contributed by atoms with Crippen molar-refractivity contribution in [1.82, 2.24) is 15.4 Å². The maximum atomic E-state index is 11.0. The molecule has 1 amide bonds. The Morgan fingerprint density at radius 2 is 1.89 bits per heavy atom. The topological polar surface area (TPSA) is 87.2 Å². The van der Waals surface area contributed by atoms with E-state index in [9.17, 15) is 4.79 Å². The van der Waals surface area contributed by atoms with Gasteiger partial charge in [-0.1, -0.05) is 35.9 Å². The second kappa shape index (κ2) is 9.94. The molecule has 0 atom stereocenters. The molecule has 1 aromatic heterocycles. The van der Waals surface area contributed by atoms with Crippen LogP contribution in [0.5, 0.6) is 5.75 Å². The predicted octanol–water partition coefficient (Wildman–Crippen LogP) is 4.27. The number of aromatic amines is 1. The first-order chi connectivity index (χ1) is 13.1. The zero-order chi connectivity index (χ0) is 19.2. The molecule has 0 bridgehead atoms. The van der Waals surface area contributed by atoms with Gasteiger partial charge >= 0.3 is 0 Å². The van der Waals surface area contributed by atoms with Crippen molar-refractivity contribution in [3.05, 3.63) is 76.7 Å². The van der Waals surface area contributed by atoms with Gasteiger partial charge in [-0.3, -0.25) is 10.0 Å². The lowest BCUT2D eigenvalue weighted by Crippen LogP contribution is -2.14. The van der Waals surface area contributed by atoms with Gasteiger partial charge in [-0.2, -0.15) is 0 Å². The Labute approximate surface area is 173 Å². The molecule has 2 aromatic carbocycles. The lowest BCUT2D eigenvalue weighted by Gasteiger charge is -2.01. The highest BCUT2D eigenvalue weighted by atomic mass is 35.5. The minimum absolute atomic E-state index is 0. The van der Waals surface area contributed by atoms with Crippen LogP contribution in [0.4, 0.5) is 0 Å². The van der Waals surface area contributed by atoms with Gasteiger partial charge in [0.2, 0.25) is 0 Å². The van der Waals surface area contributed by atoms with E-state index >= 15 is 0 Å². The molecule has 0 radical (unpaired) electrons.